The van der Waals surface area contributed by atoms with E-state index in [2.05, 4.69) is 32.1 Å². The number of hydrogen-bond donors (Lipinski definition) is 2. The third-order valence-electron chi connectivity index (χ3n) is 2.14. The van der Waals surface area contributed by atoms with E-state index in [1.165, 1.54) is 0 Å². The predicted molar refractivity (Wildman–Crippen MR) is 75.7 cm³/mol. The Bertz CT molecular complexity index is 440. The summed E-state index contributed by atoms with van der Waals surface area (Å²) in [6.45, 7) is 5.01. The zero-order valence-corrected chi connectivity index (χ0v) is 12.7. The second kappa shape index (κ2) is 11.8. The fourth-order valence-corrected chi connectivity index (χ4v) is 1.11. The maximum absolute atomic E-state index is 11.3. The van der Waals surface area contributed by atoms with Crippen molar-refractivity contribution in [1.82, 2.24) is 0 Å². The average molecular weight is 346 g/mol. The van der Waals surface area contributed by atoms with Gasteiger partial charge >= 0.3 is 23.9 Å². The van der Waals surface area contributed by atoms with Gasteiger partial charge in [0.15, 0.2) is 13.2 Å². The first-order valence-electron chi connectivity index (χ1n) is 6.62. The van der Waals surface area contributed by atoms with Crippen molar-refractivity contribution < 1.29 is 48.3 Å². The Morgan fingerprint density at radius 1 is 0.792 bits per heavy atom. The molecule has 24 heavy (non-hydrogen) atoms. The summed E-state index contributed by atoms with van der Waals surface area (Å²) in [6, 6.07) is 0. The van der Waals surface area contributed by atoms with Gasteiger partial charge in [-0.3, -0.25) is 9.59 Å². The molecule has 2 unspecified atom stereocenters. The third kappa shape index (κ3) is 10.9. The van der Waals surface area contributed by atoms with Crippen molar-refractivity contribution in [3.05, 3.63) is 25.3 Å². The molecule has 0 saturated heterocycles. The number of carbonyl (C=O) groups excluding carboxylic acids is 4. The molecule has 0 amide bonds. The van der Waals surface area contributed by atoms with Gasteiger partial charge < -0.3 is 29.2 Å². The Morgan fingerprint density at radius 2 is 1.12 bits per heavy atom. The van der Waals surface area contributed by atoms with Gasteiger partial charge in [0.1, 0.15) is 0 Å². The van der Waals surface area contributed by atoms with Gasteiger partial charge in [0.25, 0.3) is 0 Å². The van der Waals surface area contributed by atoms with E-state index in [9.17, 15) is 29.4 Å². The van der Waals surface area contributed by atoms with Crippen LogP contribution in [0.15, 0.2) is 25.3 Å². The van der Waals surface area contributed by atoms with Crippen LogP contribution in [0.5, 0.6) is 0 Å². The van der Waals surface area contributed by atoms with Gasteiger partial charge in [0.2, 0.25) is 12.6 Å². The minimum absolute atomic E-state index is 0.372. The van der Waals surface area contributed by atoms with Crippen LogP contribution in [0.2, 0.25) is 0 Å². The first-order chi connectivity index (χ1) is 11.3. The first-order valence-corrected chi connectivity index (χ1v) is 6.62. The molecule has 0 bridgehead atoms. The van der Waals surface area contributed by atoms with E-state index in [1.54, 1.807) is 0 Å². The normalized spacial score (nSPS) is 12.2. The second-order valence-electron chi connectivity index (χ2n) is 4.06. The largest absolute Gasteiger partial charge is 0.459 e. The van der Waals surface area contributed by atoms with E-state index >= 15 is 0 Å². The van der Waals surface area contributed by atoms with E-state index in [0.717, 1.165) is 12.2 Å². The van der Waals surface area contributed by atoms with Crippen molar-refractivity contribution in [3.8, 4) is 0 Å². The summed E-state index contributed by atoms with van der Waals surface area (Å²) in [6.07, 6.45) is -2.40. The molecule has 0 aromatic carbocycles. The highest BCUT2D eigenvalue weighted by atomic mass is 16.7. The number of carbonyl (C=O) groups is 4. The highest BCUT2D eigenvalue weighted by Crippen LogP contribution is 2.00. The molecule has 2 atom stereocenters. The monoisotopic (exact) mass is 346 g/mol. The molecule has 2 N–H and O–H groups in total. The highest BCUT2D eigenvalue weighted by Gasteiger charge is 2.15. The number of aliphatic hydroxyl groups is 2. The molecule has 10 nitrogen and oxygen atoms in total. The molecule has 0 aliphatic rings. The number of hydrogen-bond acceptors (Lipinski definition) is 10. The van der Waals surface area contributed by atoms with Gasteiger partial charge in [-0.2, -0.15) is 0 Å². The maximum atomic E-state index is 11.3. The zero-order chi connectivity index (χ0) is 18.5. The van der Waals surface area contributed by atoms with Gasteiger partial charge in [-0.25, -0.2) is 9.59 Å². The Kier molecular flexibility index (Phi) is 10.5. The second-order valence-corrected chi connectivity index (χ2v) is 4.06. The van der Waals surface area contributed by atoms with Crippen LogP contribution in [0.25, 0.3) is 0 Å². The molecule has 0 aliphatic heterocycles. The standard InChI is InChI=1S/C14H18O10/c1-3-9(15)23-13(19)7-21-11(17)5-6-12(18)22-8-14(20)24-10(16)4-2/h3-4,13-14,19-20H,1-2,5-8H2. The van der Waals surface area contributed by atoms with E-state index in [-0.39, 0.29) is 12.8 Å². The molecular formula is C14H18O10. The van der Waals surface area contributed by atoms with Crippen LogP contribution in [0.1, 0.15) is 12.8 Å². The topological polar surface area (TPSA) is 146 Å². The molecule has 10 heteroatoms. The fourth-order valence-electron chi connectivity index (χ4n) is 1.11. The van der Waals surface area contributed by atoms with Crippen LogP contribution in [0.3, 0.4) is 0 Å². The molecule has 0 rings (SSSR count). The van der Waals surface area contributed by atoms with Crippen molar-refractivity contribution >= 4 is 23.9 Å². The molecule has 0 aromatic heterocycles. The van der Waals surface area contributed by atoms with Gasteiger partial charge in [0, 0.05) is 12.2 Å². The smallest absolute Gasteiger partial charge is 0.332 e. The van der Waals surface area contributed by atoms with Crippen LogP contribution in [0.4, 0.5) is 0 Å². The van der Waals surface area contributed by atoms with E-state index in [0.29, 0.717) is 0 Å². The number of aliphatic hydroxyl groups excluding tert-OH is 2. The Balaban J connectivity index is 3.87. The van der Waals surface area contributed by atoms with Crippen molar-refractivity contribution in [2.45, 2.75) is 25.4 Å². The number of esters is 4. The first kappa shape index (κ1) is 21.3. The Morgan fingerprint density at radius 3 is 1.42 bits per heavy atom. The molecule has 0 aromatic rings. The average Bonchev–Trinajstić information content (AvgIpc) is 2.55. The SMILES string of the molecule is C=CC(=O)OC(O)COC(=O)CCC(=O)OCC(O)OC(=O)C=C. The Hall–Kier alpha value is -2.72. The summed E-state index contributed by atoms with van der Waals surface area (Å²) in [7, 11) is 0. The fraction of sp³-hybridized carbons (Fsp3) is 0.429. The zero-order valence-electron chi connectivity index (χ0n) is 12.7. The molecule has 0 aliphatic carbocycles. The number of rotatable bonds is 11. The minimum atomic E-state index is -1.65. The molecule has 0 radical (unpaired) electrons. The molecule has 0 fully saturated rings. The quantitative estimate of drug-likeness (QED) is 0.205. The molecule has 0 heterocycles. The highest BCUT2D eigenvalue weighted by molar-refractivity contribution is 5.81. The van der Waals surface area contributed by atoms with E-state index in [4.69, 9.17) is 0 Å². The van der Waals surface area contributed by atoms with E-state index in [1.807, 2.05) is 0 Å². The molecule has 0 spiro atoms. The van der Waals surface area contributed by atoms with Gasteiger partial charge in [0.05, 0.1) is 12.8 Å². The summed E-state index contributed by atoms with van der Waals surface area (Å²) in [5, 5.41) is 18.4. The lowest BCUT2D eigenvalue weighted by Crippen LogP contribution is -2.25. The summed E-state index contributed by atoms with van der Waals surface area (Å²) >= 11 is 0. The van der Waals surface area contributed by atoms with Crippen LogP contribution in [-0.4, -0.2) is 59.9 Å². The van der Waals surface area contributed by atoms with Crippen LogP contribution >= 0.6 is 0 Å². The van der Waals surface area contributed by atoms with Gasteiger partial charge in [-0.05, 0) is 0 Å². The van der Waals surface area contributed by atoms with Gasteiger partial charge in [-0.15, -0.1) is 0 Å². The lowest BCUT2D eigenvalue weighted by Gasteiger charge is -2.12. The van der Waals surface area contributed by atoms with Crippen LogP contribution < -0.4 is 0 Å². The molecule has 0 saturated carbocycles. The van der Waals surface area contributed by atoms with Gasteiger partial charge in [-0.1, -0.05) is 13.2 Å². The molecule has 134 valence electrons. The van der Waals surface area contributed by atoms with Crippen molar-refractivity contribution in [2.75, 3.05) is 13.2 Å². The molecular weight excluding hydrogens is 328 g/mol. The predicted octanol–water partition coefficient (Wildman–Crippen LogP) is -1.05. The summed E-state index contributed by atoms with van der Waals surface area (Å²) in [5.74, 6) is -3.48. The van der Waals surface area contributed by atoms with Crippen molar-refractivity contribution in [2.24, 2.45) is 0 Å². The Labute approximate surface area is 137 Å². The third-order valence-corrected chi connectivity index (χ3v) is 2.14. The van der Waals surface area contributed by atoms with Crippen LogP contribution in [-0.2, 0) is 38.1 Å². The minimum Gasteiger partial charge on any atom is -0.459 e. The van der Waals surface area contributed by atoms with E-state index < -0.39 is 49.7 Å². The lowest BCUT2D eigenvalue weighted by atomic mass is 10.3. The summed E-state index contributed by atoms with van der Waals surface area (Å²) in [4.78, 5) is 44.1. The van der Waals surface area contributed by atoms with Crippen molar-refractivity contribution in [1.29, 1.82) is 0 Å². The van der Waals surface area contributed by atoms with Crippen molar-refractivity contribution in [3.63, 3.8) is 0 Å². The number of ether oxygens (including phenoxy) is 4. The maximum Gasteiger partial charge on any atom is 0.332 e. The van der Waals surface area contributed by atoms with Crippen LogP contribution in [0, 0.1) is 0 Å². The summed E-state index contributed by atoms with van der Waals surface area (Å²) in [5.41, 5.74) is 0. The summed E-state index contributed by atoms with van der Waals surface area (Å²) < 4.78 is 17.8. The lowest BCUT2D eigenvalue weighted by molar-refractivity contribution is -0.180.